The number of amides is 2. The van der Waals surface area contributed by atoms with Crippen LogP contribution in [0, 0.1) is 11.8 Å². The largest absolute Gasteiger partial charge is 0.455 e. The average molecular weight is 802 g/mol. The van der Waals surface area contributed by atoms with Crippen molar-refractivity contribution in [1.82, 2.24) is 0 Å². The zero-order valence-electron chi connectivity index (χ0n) is 33.6. The summed E-state index contributed by atoms with van der Waals surface area (Å²) in [6, 6.07) is 72.7. The van der Waals surface area contributed by atoms with Gasteiger partial charge in [0.05, 0.1) is 28.4 Å². The summed E-state index contributed by atoms with van der Waals surface area (Å²) < 4.78 is 6.51. The lowest BCUT2D eigenvalue weighted by atomic mass is 9.59. The summed E-state index contributed by atoms with van der Waals surface area (Å²) in [7, 11) is 0. The van der Waals surface area contributed by atoms with Gasteiger partial charge in [0, 0.05) is 0 Å². The topological polar surface area (TPSA) is 63.7 Å². The summed E-state index contributed by atoms with van der Waals surface area (Å²) in [6.07, 6.45) is 0. The van der Waals surface area contributed by atoms with Crippen molar-refractivity contribution in [3.05, 3.63) is 247 Å². The SMILES string of the molecule is O=C1[C@@H]2[C@H](C(=O)N1c1ccccc1Oc1ccc(-c3ccccc3)cc1)[C@@]1(c3ccccc3)C(=O)[C@]2(c2ccccc2)c2c1c1ccccc1c1ccccc21.c1ccccc1. The molecule has 1 heterocycles. The molecule has 1 saturated carbocycles. The number of ether oxygens (including phenoxy) is 1. The fraction of sp³-hybridized carbons (Fsp3) is 0.0702. The number of rotatable bonds is 6. The fourth-order valence-electron chi connectivity index (χ4n) is 10.8. The molecule has 0 unspecified atom stereocenters. The van der Waals surface area contributed by atoms with Crippen LogP contribution >= 0.6 is 0 Å². The van der Waals surface area contributed by atoms with Crippen LogP contribution in [0.3, 0.4) is 0 Å². The summed E-state index contributed by atoms with van der Waals surface area (Å²) in [6.45, 7) is 0. The first-order chi connectivity index (χ1) is 30.6. The lowest BCUT2D eigenvalue weighted by molar-refractivity contribution is -0.130. The molecule has 1 saturated heterocycles. The van der Waals surface area contributed by atoms with E-state index >= 15 is 14.4 Å². The molecule has 5 heteroatoms. The summed E-state index contributed by atoms with van der Waals surface area (Å²) in [4.78, 5) is 48.7. The second kappa shape index (κ2) is 14.7. The predicted octanol–water partition coefficient (Wildman–Crippen LogP) is 12.1. The molecule has 4 atom stereocenters. The van der Waals surface area contributed by atoms with Gasteiger partial charge >= 0.3 is 0 Å². The first kappa shape index (κ1) is 37.1. The van der Waals surface area contributed by atoms with E-state index in [-0.39, 0.29) is 5.78 Å². The molecule has 2 fully saturated rings. The Bertz CT molecular complexity index is 3010. The number of ketones is 1. The highest BCUT2D eigenvalue weighted by molar-refractivity contribution is 6.34. The highest BCUT2D eigenvalue weighted by Gasteiger charge is 2.82. The molecule has 62 heavy (non-hydrogen) atoms. The summed E-state index contributed by atoms with van der Waals surface area (Å²) in [5.41, 5.74) is 2.63. The van der Waals surface area contributed by atoms with Crippen LogP contribution < -0.4 is 9.64 Å². The maximum Gasteiger partial charge on any atom is 0.239 e. The van der Waals surface area contributed by atoms with E-state index in [0.29, 0.717) is 28.3 Å². The zero-order chi connectivity index (χ0) is 41.8. The Morgan fingerprint density at radius 2 is 0.742 bits per heavy atom. The van der Waals surface area contributed by atoms with Crippen LogP contribution in [-0.2, 0) is 25.2 Å². The number of carbonyl (C=O) groups excluding carboxylic acids is 3. The molecule has 12 rings (SSSR count). The van der Waals surface area contributed by atoms with Crippen LogP contribution in [0.2, 0.25) is 0 Å². The van der Waals surface area contributed by atoms with Gasteiger partial charge < -0.3 is 4.74 Å². The molecule has 5 nitrogen and oxygen atoms in total. The maximum absolute atomic E-state index is 16.2. The van der Waals surface area contributed by atoms with Crippen LogP contribution in [0.25, 0.3) is 32.7 Å². The van der Waals surface area contributed by atoms with Crippen molar-refractivity contribution in [2.75, 3.05) is 4.90 Å². The molecule has 0 spiro atoms. The van der Waals surface area contributed by atoms with Crippen LogP contribution in [0.1, 0.15) is 22.3 Å². The second-order valence-corrected chi connectivity index (χ2v) is 16.1. The zero-order valence-corrected chi connectivity index (χ0v) is 33.6. The molecule has 9 aromatic carbocycles. The van der Waals surface area contributed by atoms with Crippen molar-refractivity contribution < 1.29 is 19.1 Å². The monoisotopic (exact) mass is 801 g/mol. The van der Waals surface area contributed by atoms with Gasteiger partial charge in [0.2, 0.25) is 11.8 Å². The minimum absolute atomic E-state index is 0.127. The Labute approximate surface area is 359 Å². The maximum atomic E-state index is 16.2. The fourth-order valence-corrected chi connectivity index (χ4v) is 10.8. The van der Waals surface area contributed by atoms with E-state index in [4.69, 9.17) is 4.74 Å². The molecular formula is C57H39NO4. The average Bonchev–Trinajstić information content (AvgIpc) is 3.86. The van der Waals surface area contributed by atoms with Gasteiger partial charge in [-0.05, 0) is 79.2 Å². The smallest absolute Gasteiger partial charge is 0.239 e. The first-order valence-electron chi connectivity index (χ1n) is 21.0. The molecule has 0 aromatic heterocycles. The Morgan fingerprint density at radius 1 is 0.371 bits per heavy atom. The van der Waals surface area contributed by atoms with Crippen LogP contribution in [0.5, 0.6) is 11.5 Å². The third-order valence-corrected chi connectivity index (χ3v) is 13.1. The third kappa shape index (κ3) is 5.24. The number of fused-ring (bicyclic) bond motifs is 13. The summed E-state index contributed by atoms with van der Waals surface area (Å²) in [5.74, 6) is -2.03. The standard InChI is InChI=1S/C51H33NO4.C6H6/c53-47-45-46(48(54)52(47)41-26-14-15-27-42(41)56-36-30-28-33(29-31-36)32-16-4-1-5-17-32)51(35-20-8-3-9-21-35)44-40-25-13-11-23-38(40)37-22-10-12-24-39(37)43(44)50(45,49(51)55)34-18-6-2-7-19-34;1-2-4-6-5-3-1/h1-31,45-46H;1-6H/t45-,46+,50+,51-;. The number of benzene rings is 9. The van der Waals surface area contributed by atoms with Gasteiger partial charge in [-0.2, -0.15) is 0 Å². The molecule has 1 aliphatic heterocycles. The molecule has 0 radical (unpaired) electrons. The number of imide groups is 1. The number of carbonyl (C=O) groups is 3. The molecule has 2 bridgehead atoms. The van der Waals surface area contributed by atoms with E-state index in [1.165, 1.54) is 4.90 Å². The molecule has 296 valence electrons. The van der Waals surface area contributed by atoms with E-state index in [9.17, 15) is 0 Å². The van der Waals surface area contributed by atoms with Crippen molar-refractivity contribution in [2.24, 2.45) is 11.8 Å². The van der Waals surface area contributed by atoms with E-state index in [2.05, 4.69) is 36.4 Å². The van der Waals surface area contributed by atoms with Gasteiger partial charge in [-0.3, -0.25) is 14.4 Å². The quantitative estimate of drug-likeness (QED) is 0.124. The van der Waals surface area contributed by atoms with Crippen LogP contribution in [-0.4, -0.2) is 17.6 Å². The second-order valence-electron chi connectivity index (χ2n) is 16.1. The molecule has 0 N–H and O–H groups in total. The first-order valence-corrected chi connectivity index (χ1v) is 21.0. The third-order valence-electron chi connectivity index (χ3n) is 13.1. The molecule has 2 amide bonds. The number of para-hydroxylation sites is 2. The van der Waals surface area contributed by atoms with Gasteiger partial charge in [-0.1, -0.05) is 200 Å². The van der Waals surface area contributed by atoms with Gasteiger partial charge in [0.1, 0.15) is 5.75 Å². The Balaban J connectivity index is 0.000000666. The van der Waals surface area contributed by atoms with Gasteiger partial charge in [0.25, 0.3) is 0 Å². The van der Waals surface area contributed by atoms with Gasteiger partial charge in [-0.15, -0.1) is 0 Å². The Morgan fingerprint density at radius 3 is 1.23 bits per heavy atom. The van der Waals surface area contributed by atoms with E-state index < -0.39 is 34.5 Å². The lowest BCUT2D eigenvalue weighted by Crippen LogP contribution is -2.45. The van der Waals surface area contributed by atoms with Crippen LogP contribution in [0.4, 0.5) is 5.69 Å². The minimum atomic E-state index is -1.45. The number of hydrogen-bond acceptors (Lipinski definition) is 4. The highest BCUT2D eigenvalue weighted by atomic mass is 16.5. The van der Waals surface area contributed by atoms with Gasteiger partial charge in [0.15, 0.2) is 11.5 Å². The molecule has 2 aliphatic carbocycles. The molecule has 9 aromatic rings. The lowest BCUT2D eigenvalue weighted by Gasteiger charge is -2.38. The van der Waals surface area contributed by atoms with Crippen molar-refractivity contribution >= 4 is 44.8 Å². The molecule has 3 aliphatic rings. The predicted molar refractivity (Wildman–Crippen MR) is 245 cm³/mol. The van der Waals surface area contributed by atoms with Crippen molar-refractivity contribution in [3.63, 3.8) is 0 Å². The van der Waals surface area contributed by atoms with Crippen molar-refractivity contribution in [2.45, 2.75) is 10.8 Å². The minimum Gasteiger partial charge on any atom is -0.455 e. The van der Waals surface area contributed by atoms with E-state index in [1.807, 2.05) is 176 Å². The van der Waals surface area contributed by atoms with Crippen molar-refractivity contribution in [1.29, 1.82) is 0 Å². The van der Waals surface area contributed by atoms with E-state index in [1.54, 1.807) is 12.1 Å². The summed E-state index contributed by atoms with van der Waals surface area (Å²) >= 11 is 0. The molecular weight excluding hydrogens is 763 g/mol. The van der Waals surface area contributed by atoms with Crippen LogP contribution in [0.15, 0.2) is 224 Å². The van der Waals surface area contributed by atoms with Crippen molar-refractivity contribution in [3.8, 4) is 22.6 Å². The Hall–Kier alpha value is -7.89. The number of hydrogen-bond donors (Lipinski definition) is 0. The number of Topliss-reactive ketones (excluding diaryl/α,β-unsaturated/α-hetero) is 1. The summed E-state index contributed by atoms with van der Waals surface area (Å²) in [5, 5.41) is 3.83. The Kier molecular flexibility index (Phi) is 8.79. The van der Waals surface area contributed by atoms with E-state index in [0.717, 1.165) is 43.8 Å². The normalized spacial score (nSPS) is 20.8. The number of anilines is 1. The van der Waals surface area contributed by atoms with Gasteiger partial charge in [-0.25, -0.2) is 4.90 Å². The highest BCUT2D eigenvalue weighted by Crippen LogP contribution is 2.72. The number of nitrogens with zero attached hydrogens (tertiary/aromatic N) is 1.